The molecular weight excluding hydrogens is 486 g/mol. The van der Waals surface area contributed by atoms with Gasteiger partial charge in [-0.2, -0.15) is 4.57 Å². The summed E-state index contributed by atoms with van der Waals surface area (Å²) in [5.74, 6) is 3.32. The number of ether oxygens (including phenoxy) is 4. The van der Waals surface area contributed by atoms with Crippen molar-refractivity contribution in [3.05, 3.63) is 41.6 Å². The van der Waals surface area contributed by atoms with Crippen LogP contribution < -0.4 is 23.5 Å². The average Bonchev–Trinajstić information content (AvgIpc) is 3.42. The van der Waals surface area contributed by atoms with Crippen molar-refractivity contribution in [2.45, 2.75) is 103 Å². The van der Waals surface area contributed by atoms with Crippen LogP contribution >= 0.6 is 0 Å². The van der Waals surface area contributed by atoms with Gasteiger partial charge in [-0.05, 0) is 42.7 Å². The van der Waals surface area contributed by atoms with Gasteiger partial charge in [-0.15, -0.1) is 0 Å². The Balaban J connectivity index is 1.32. The molecule has 2 aromatic carbocycles. The molecule has 0 bridgehead atoms. The van der Waals surface area contributed by atoms with Crippen molar-refractivity contribution in [1.29, 1.82) is 0 Å². The van der Waals surface area contributed by atoms with Gasteiger partial charge in [0.25, 0.3) is 0 Å². The summed E-state index contributed by atoms with van der Waals surface area (Å²) in [6.45, 7) is 3.53. The zero-order valence-electron chi connectivity index (χ0n) is 24.3. The van der Waals surface area contributed by atoms with Crippen molar-refractivity contribution >= 4 is 10.8 Å². The molecule has 5 nitrogen and oxygen atoms in total. The predicted octanol–water partition coefficient (Wildman–Crippen LogP) is 8.34. The summed E-state index contributed by atoms with van der Waals surface area (Å²) < 4.78 is 25.4. The summed E-state index contributed by atoms with van der Waals surface area (Å²) in [5, 5.41) is 2.38. The minimum absolute atomic E-state index is 0.304. The van der Waals surface area contributed by atoms with E-state index in [0.29, 0.717) is 6.79 Å². The smallest absolute Gasteiger partial charge is 0.231 e. The Kier molecular flexibility index (Phi) is 9.49. The molecule has 5 rings (SSSR count). The van der Waals surface area contributed by atoms with Crippen LogP contribution in [0.4, 0.5) is 0 Å². The van der Waals surface area contributed by atoms with Gasteiger partial charge >= 0.3 is 0 Å². The number of unbranched alkanes of at least 4 members (excludes halogenated alkanes) is 11. The molecule has 2 aliphatic rings. The van der Waals surface area contributed by atoms with Crippen LogP contribution in [0, 0.1) is 0 Å². The molecule has 39 heavy (non-hydrogen) atoms. The minimum Gasteiger partial charge on any atom is -0.493 e. The molecule has 0 saturated heterocycles. The third kappa shape index (κ3) is 6.13. The van der Waals surface area contributed by atoms with E-state index in [9.17, 15) is 0 Å². The largest absolute Gasteiger partial charge is 0.493 e. The highest BCUT2D eigenvalue weighted by Gasteiger charge is 2.32. The maximum atomic E-state index is 5.87. The molecule has 0 aliphatic carbocycles. The van der Waals surface area contributed by atoms with E-state index in [1.807, 2.05) is 6.07 Å². The van der Waals surface area contributed by atoms with Crippen molar-refractivity contribution in [2.24, 2.45) is 0 Å². The lowest BCUT2D eigenvalue weighted by Gasteiger charge is -2.21. The Labute approximate surface area is 234 Å². The number of hydrogen-bond donors (Lipinski definition) is 0. The third-order valence-electron chi connectivity index (χ3n) is 8.52. The van der Waals surface area contributed by atoms with E-state index < -0.39 is 0 Å². The number of rotatable bonds is 15. The van der Waals surface area contributed by atoms with Gasteiger partial charge in [-0.25, -0.2) is 0 Å². The highest BCUT2D eigenvalue weighted by atomic mass is 16.7. The number of hydrogen-bond acceptors (Lipinski definition) is 4. The number of pyridine rings is 1. The van der Waals surface area contributed by atoms with Gasteiger partial charge in [0.15, 0.2) is 35.7 Å². The van der Waals surface area contributed by atoms with Crippen LogP contribution in [-0.2, 0) is 19.4 Å². The fourth-order valence-corrected chi connectivity index (χ4v) is 6.41. The summed E-state index contributed by atoms with van der Waals surface area (Å²) in [6.07, 6.45) is 20.6. The van der Waals surface area contributed by atoms with Crippen molar-refractivity contribution in [2.75, 3.05) is 21.0 Å². The van der Waals surface area contributed by atoms with E-state index in [0.717, 1.165) is 47.8 Å². The number of fused-ring (bicyclic) bond motifs is 5. The molecule has 3 heterocycles. The summed E-state index contributed by atoms with van der Waals surface area (Å²) in [7, 11) is 3.45. The first-order chi connectivity index (χ1) is 19.2. The Bertz CT molecular complexity index is 1270. The topological polar surface area (TPSA) is 40.8 Å². The first-order valence-corrected chi connectivity index (χ1v) is 15.3. The normalized spacial score (nSPS) is 13.4. The van der Waals surface area contributed by atoms with Crippen LogP contribution in [-0.4, -0.2) is 21.0 Å². The summed E-state index contributed by atoms with van der Waals surface area (Å²) in [5.41, 5.74) is 5.34. The fraction of sp³-hybridized carbons (Fsp3) is 0.559. The Morgan fingerprint density at radius 3 is 2.10 bits per heavy atom. The van der Waals surface area contributed by atoms with E-state index >= 15 is 0 Å². The van der Waals surface area contributed by atoms with Crippen LogP contribution in [0.3, 0.4) is 0 Å². The molecule has 0 spiro atoms. The Hall–Kier alpha value is -2.95. The van der Waals surface area contributed by atoms with E-state index in [-0.39, 0.29) is 0 Å². The zero-order chi connectivity index (χ0) is 27.0. The number of benzene rings is 2. The SMILES string of the molecule is CCCCCCCCCCCCCCc1c2[n+](cc3c(OC)c(OC)ccc13)CCc1cc3c(cc1-2)OCO3. The second-order valence-corrected chi connectivity index (χ2v) is 11.2. The molecule has 2 aliphatic heterocycles. The van der Waals surface area contributed by atoms with Gasteiger partial charge in [0, 0.05) is 17.4 Å². The number of aryl methyl sites for hydroxylation is 3. The summed E-state index contributed by atoms with van der Waals surface area (Å²) in [6, 6.07) is 8.65. The average molecular weight is 533 g/mol. The first-order valence-electron chi connectivity index (χ1n) is 15.3. The number of methoxy groups -OCH3 is 2. The Morgan fingerprint density at radius 2 is 1.44 bits per heavy atom. The van der Waals surface area contributed by atoms with Gasteiger partial charge in [0.05, 0.1) is 25.2 Å². The molecule has 3 aromatic rings. The molecule has 0 fully saturated rings. The van der Waals surface area contributed by atoms with Crippen LogP contribution in [0.1, 0.15) is 95.1 Å². The van der Waals surface area contributed by atoms with E-state index in [1.54, 1.807) is 14.2 Å². The molecule has 210 valence electrons. The van der Waals surface area contributed by atoms with Crippen LogP contribution in [0.2, 0.25) is 0 Å². The van der Waals surface area contributed by atoms with Crippen molar-refractivity contribution in [3.63, 3.8) is 0 Å². The quantitative estimate of drug-likeness (QED) is 0.146. The number of aromatic nitrogens is 1. The van der Waals surface area contributed by atoms with Crippen molar-refractivity contribution < 1.29 is 23.5 Å². The third-order valence-corrected chi connectivity index (χ3v) is 8.52. The molecule has 0 unspecified atom stereocenters. The van der Waals surface area contributed by atoms with Crippen LogP contribution in [0.15, 0.2) is 30.5 Å². The first kappa shape index (κ1) is 27.6. The van der Waals surface area contributed by atoms with Gasteiger partial charge < -0.3 is 18.9 Å². The standard InChI is InChI=1S/C34H46NO4/c1-4-5-6-7-8-9-10-11-12-13-14-15-16-27-26-17-18-30(36-2)34(37-3)29(26)23-35-20-19-25-21-31-32(39-24-38-31)22-28(25)33(27)35/h17-18,21-23H,4-16,19-20,24H2,1-3H3/q+1. The lowest BCUT2D eigenvalue weighted by molar-refractivity contribution is -0.686. The zero-order valence-corrected chi connectivity index (χ0v) is 24.3. The molecule has 0 saturated carbocycles. The Morgan fingerprint density at radius 1 is 0.769 bits per heavy atom. The molecule has 0 atom stereocenters. The van der Waals surface area contributed by atoms with Crippen molar-refractivity contribution in [1.82, 2.24) is 0 Å². The number of nitrogens with zero attached hydrogens (tertiary/aromatic N) is 1. The maximum Gasteiger partial charge on any atom is 0.231 e. The predicted molar refractivity (Wildman–Crippen MR) is 157 cm³/mol. The monoisotopic (exact) mass is 532 g/mol. The minimum atomic E-state index is 0.304. The van der Waals surface area contributed by atoms with E-state index in [2.05, 4.69) is 35.9 Å². The summed E-state index contributed by atoms with van der Waals surface area (Å²) >= 11 is 0. The molecule has 5 heteroatoms. The highest BCUT2D eigenvalue weighted by Crippen LogP contribution is 2.44. The van der Waals surface area contributed by atoms with Gasteiger partial charge in [0.2, 0.25) is 12.5 Å². The van der Waals surface area contributed by atoms with Crippen LogP contribution in [0.25, 0.3) is 22.0 Å². The molecule has 1 aromatic heterocycles. The summed E-state index contributed by atoms with van der Waals surface area (Å²) in [4.78, 5) is 0. The van der Waals surface area contributed by atoms with Crippen LogP contribution in [0.5, 0.6) is 23.0 Å². The fourth-order valence-electron chi connectivity index (χ4n) is 6.41. The highest BCUT2D eigenvalue weighted by molar-refractivity contribution is 5.95. The lowest BCUT2D eigenvalue weighted by Crippen LogP contribution is -2.41. The maximum absolute atomic E-state index is 5.87. The second kappa shape index (κ2) is 13.4. The van der Waals surface area contributed by atoms with E-state index in [4.69, 9.17) is 18.9 Å². The van der Waals surface area contributed by atoms with Crippen molar-refractivity contribution in [3.8, 4) is 34.3 Å². The van der Waals surface area contributed by atoms with Gasteiger partial charge in [-0.3, -0.25) is 0 Å². The van der Waals surface area contributed by atoms with Gasteiger partial charge in [-0.1, -0.05) is 77.6 Å². The molecular formula is C34H46NO4+. The lowest BCUT2D eigenvalue weighted by atomic mass is 9.89. The molecule has 0 amide bonds. The molecule has 0 N–H and O–H groups in total. The molecule has 0 radical (unpaired) electrons. The second-order valence-electron chi connectivity index (χ2n) is 11.2. The van der Waals surface area contributed by atoms with E-state index in [1.165, 1.54) is 105 Å². The van der Waals surface area contributed by atoms with Gasteiger partial charge in [0.1, 0.15) is 0 Å².